The molecule has 0 fully saturated rings. The Balaban J connectivity index is 2.58. The minimum absolute atomic E-state index is 0.486. The van der Waals surface area contributed by atoms with Gasteiger partial charge in [0.25, 0.3) is 0 Å². The zero-order valence-corrected chi connectivity index (χ0v) is 6.11. The van der Waals surface area contributed by atoms with Crippen LogP contribution in [0.4, 0.5) is 4.79 Å². The molecule has 3 nitrogen and oxygen atoms in total. The van der Waals surface area contributed by atoms with E-state index < -0.39 is 6.16 Å². The fourth-order valence-corrected chi connectivity index (χ4v) is 0.626. The monoisotopic (exact) mass is 152 g/mol. The minimum atomic E-state index is -0.698. The SMILES string of the molecule is COC(=O)Oc1ccccc1. The van der Waals surface area contributed by atoms with Crippen LogP contribution in [0, 0.1) is 0 Å². The van der Waals surface area contributed by atoms with Gasteiger partial charge in [-0.1, -0.05) is 18.2 Å². The zero-order valence-electron chi connectivity index (χ0n) is 6.11. The third kappa shape index (κ3) is 2.29. The quantitative estimate of drug-likeness (QED) is 0.455. The molecule has 0 amide bonds. The molecule has 1 aromatic rings. The molecule has 0 heterocycles. The molecule has 1 aromatic carbocycles. The number of benzene rings is 1. The maximum absolute atomic E-state index is 10.5. The molecule has 11 heavy (non-hydrogen) atoms. The fourth-order valence-electron chi connectivity index (χ4n) is 0.626. The molecular formula is C8H8O3. The Morgan fingerprint density at radius 3 is 2.45 bits per heavy atom. The maximum Gasteiger partial charge on any atom is 0.513 e. The highest BCUT2D eigenvalue weighted by atomic mass is 16.7. The van der Waals surface area contributed by atoms with Crippen LogP contribution in [0.25, 0.3) is 0 Å². The highest BCUT2D eigenvalue weighted by Crippen LogP contribution is 2.08. The molecule has 1 rings (SSSR count). The first-order valence-corrected chi connectivity index (χ1v) is 3.14. The van der Waals surface area contributed by atoms with Crippen LogP contribution in [0.3, 0.4) is 0 Å². The van der Waals surface area contributed by atoms with Crippen molar-refractivity contribution < 1.29 is 14.3 Å². The fraction of sp³-hybridized carbons (Fsp3) is 0.125. The Kier molecular flexibility index (Phi) is 2.49. The molecule has 0 aliphatic heterocycles. The van der Waals surface area contributed by atoms with Crippen LogP contribution < -0.4 is 4.74 Å². The number of carbonyl (C=O) groups is 1. The largest absolute Gasteiger partial charge is 0.513 e. The highest BCUT2D eigenvalue weighted by molar-refractivity contribution is 5.63. The topological polar surface area (TPSA) is 35.5 Å². The molecular weight excluding hydrogens is 144 g/mol. The Hall–Kier alpha value is -1.51. The molecule has 0 bridgehead atoms. The highest BCUT2D eigenvalue weighted by Gasteiger charge is 2.00. The lowest BCUT2D eigenvalue weighted by Crippen LogP contribution is -2.06. The van der Waals surface area contributed by atoms with Gasteiger partial charge in [0.2, 0.25) is 0 Å². The minimum Gasteiger partial charge on any atom is -0.437 e. The van der Waals surface area contributed by atoms with Gasteiger partial charge < -0.3 is 9.47 Å². The number of methoxy groups -OCH3 is 1. The summed E-state index contributed by atoms with van der Waals surface area (Å²) < 4.78 is 9.00. The molecule has 0 N–H and O–H groups in total. The van der Waals surface area contributed by atoms with Crippen LogP contribution in [0.15, 0.2) is 30.3 Å². The second-order valence-corrected chi connectivity index (χ2v) is 1.87. The third-order valence-electron chi connectivity index (χ3n) is 1.11. The van der Waals surface area contributed by atoms with E-state index in [1.165, 1.54) is 7.11 Å². The summed E-state index contributed by atoms with van der Waals surface area (Å²) in [6.07, 6.45) is -0.698. The molecule has 0 aromatic heterocycles. The van der Waals surface area contributed by atoms with Gasteiger partial charge in [-0.15, -0.1) is 0 Å². The van der Waals surface area contributed by atoms with Crippen molar-refractivity contribution in [2.45, 2.75) is 0 Å². The third-order valence-corrected chi connectivity index (χ3v) is 1.11. The van der Waals surface area contributed by atoms with Gasteiger partial charge >= 0.3 is 6.16 Å². The lowest BCUT2D eigenvalue weighted by molar-refractivity contribution is 0.121. The molecule has 0 saturated heterocycles. The Morgan fingerprint density at radius 1 is 1.27 bits per heavy atom. The van der Waals surface area contributed by atoms with Gasteiger partial charge in [0.05, 0.1) is 7.11 Å². The smallest absolute Gasteiger partial charge is 0.437 e. The van der Waals surface area contributed by atoms with E-state index in [4.69, 9.17) is 4.74 Å². The van der Waals surface area contributed by atoms with Crippen LogP contribution in [-0.2, 0) is 4.74 Å². The maximum atomic E-state index is 10.5. The molecule has 0 spiro atoms. The molecule has 0 atom stereocenters. The summed E-state index contributed by atoms with van der Waals surface area (Å²) in [5, 5.41) is 0. The molecule has 0 aliphatic carbocycles. The number of hydrogen-bond donors (Lipinski definition) is 0. The van der Waals surface area contributed by atoms with Gasteiger partial charge in [-0.3, -0.25) is 0 Å². The molecule has 0 aliphatic rings. The predicted molar refractivity (Wildman–Crippen MR) is 39.5 cm³/mol. The number of hydrogen-bond acceptors (Lipinski definition) is 3. The van der Waals surface area contributed by atoms with Crippen molar-refractivity contribution in [1.82, 2.24) is 0 Å². The van der Waals surface area contributed by atoms with Gasteiger partial charge in [0.15, 0.2) is 0 Å². The summed E-state index contributed by atoms with van der Waals surface area (Å²) in [5.74, 6) is 0.486. The average molecular weight is 152 g/mol. The Bertz CT molecular complexity index is 230. The van der Waals surface area contributed by atoms with E-state index in [-0.39, 0.29) is 0 Å². The van der Waals surface area contributed by atoms with Crippen LogP contribution in [-0.4, -0.2) is 13.3 Å². The van der Waals surface area contributed by atoms with Crippen molar-refractivity contribution in [3.63, 3.8) is 0 Å². The normalized spacial score (nSPS) is 8.82. The van der Waals surface area contributed by atoms with Crippen molar-refractivity contribution in [2.75, 3.05) is 7.11 Å². The summed E-state index contributed by atoms with van der Waals surface area (Å²) in [5.41, 5.74) is 0. The molecule has 0 radical (unpaired) electrons. The van der Waals surface area contributed by atoms with Crippen LogP contribution in [0.2, 0.25) is 0 Å². The Morgan fingerprint density at radius 2 is 1.91 bits per heavy atom. The summed E-state index contributed by atoms with van der Waals surface area (Å²) in [6.45, 7) is 0. The van der Waals surface area contributed by atoms with Crippen molar-refractivity contribution in [3.8, 4) is 5.75 Å². The van der Waals surface area contributed by atoms with Gasteiger partial charge in [0.1, 0.15) is 5.75 Å². The molecule has 3 heteroatoms. The Labute approximate surface area is 64.5 Å². The predicted octanol–water partition coefficient (Wildman–Crippen LogP) is 1.83. The summed E-state index contributed by atoms with van der Waals surface area (Å²) in [4.78, 5) is 10.5. The molecule has 0 saturated carbocycles. The van der Waals surface area contributed by atoms with Gasteiger partial charge in [0, 0.05) is 0 Å². The average Bonchev–Trinajstić information content (AvgIpc) is 2.06. The van der Waals surface area contributed by atoms with Gasteiger partial charge in [-0.05, 0) is 12.1 Å². The van der Waals surface area contributed by atoms with Crippen LogP contribution >= 0.6 is 0 Å². The van der Waals surface area contributed by atoms with Gasteiger partial charge in [-0.2, -0.15) is 0 Å². The number of rotatable bonds is 1. The lowest BCUT2D eigenvalue weighted by atomic mass is 10.3. The number of para-hydroxylation sites is 1. The van der Waals surface area contributed by atoms with E-state index in [0.29, 0.717) is 5.75 Å². The first-order chi connectivity index (χ1) is 5.33. The second-order valence-electron chi connectivity index (χ2n) is 1.87. The van der Waals surface area contributed by atoms with Crippen molar-refractivity contribution in [2.24, 2.45) is 0 Å². The van der Waals surface area contributed by atoms with Crippen molar-refractivity contribution in [1.29, 1.82) is 0 Å². The summed E-state index contributed by atoms with van der Waals surface area (Å²) in [6, 6.07) is 8.74. The van der Waals surface area contributed by atoms with E-state index in [9.17, 15) is 4.79 Å². The van der Waals surface area contributed by atoms with E-state index in [1.807, 2.05) is 6.07 Å². The van der Waals surface area contributed by atoms with E-state index >= 15 is 0 Å². The summed E-state index contributed by atoms with van der Waals surface area (Å²) >= 11 is 0. The van der Waals surface area contributed by atoms with Crippen LogP contribution in [0.5, 0.6) is 5.75 Å². The van der Waals surface area contributed by atoms with E-state index in [0.717, 1.165) is 0 Å². The molecule has 58 valence electrons. The standard InChI is InChI=1S/C8H8O3/c1-10-8(9)11-7-5-3-2-4-6-7/h2-6H,1H3. The summed E-state index contributed by atoms with van der Waals surface area (Å²) in [7, 11) is 1.27. The van der Waals surface area contributed by atoms with Crippen molar-refractivity contribution >= 4 is 6.16 Å². The zero-order chi connectivity index (χ0) is 8.10. The number of carbonyl (C=O) groups excluding carboxylic acids is 1. The number of ether oxygens (including phenoxy) is 2. The van der Waals surface area contributed by atoms with Crippen molar-refractivity contribution in [3.05, 3.63) is 30.3 Å². The van der Waals surface area contributed by atoms with Gasteiger partial charge in [-0.25, -0.2) is 4.79 Å². The lowest BCUT2D eigenvalue weighted by Gasteiger charge is -1.99. The van der Waals surface area contributed by atoms with Crippen LogP contribution in [0.1, 0.15) is 0 Å². The molecule has 0 unspecified atom stereocenters. The first kappa shape index (κ1) is 7.60. The van der Waals surface area contributed by atoms with E-state index in [1.54, 1.807) is 24.3 Å². The van der Waals surface area contributed by atoms with E-state index in [2.05, 4.69) is 4.74 Å². The second kappa shape index (κ2) is 3.61. The first-order valence-electron chi connectivity index (χ1n) is 3.14.